The van der Waals surface area contributed by atoms with Gasteiger partial charge in [-0.1, -0.05) is 12.1 Å². The van der Waals surface area contributed by atoms with E-state index in [9.17, 15) is 4.39 Å². The van der Waals surface area contributed by atoms with Crippen LogP contribution in [0.15, 0.2) is 24.4 Å². The van der Waals surface area contributed by atoms with Crippen molar-refractivity contribution in [2.24, 2.45) is 0 Å². The first-order valence-electron chi connectivity index (χ1n) is 5.71. The Morgan fingerprint density at radius 3 is 3.18 bits per heavy atom. The van der Waals surface area contributed by atoms with Gasteiger partial charge in [-0.2, -0.15) is 0 Å². The topological polar surface area (TPSA) is 49.8 Å². The van der Waals surface area contributed by atoms with Crippen LogP contribution < -0.4 is 10.6 Å². The lowest BCUT2D eigenvalue weighted by molar-refractivity contribution is 0.636. The molecule has 2 aromatic rings. The molecular formula is C12H13FN4. The summed E-state index contributed by atoms with van der Waals surface area (Å²) >= 11 is 0. The second-order valence-electron chi connectivity index (χ2n) is 4.21. The molecule has 0 aliphatic carbocycles. The molecule has 4 nitrogen and oxygen atoms in total. The Morgan fingerprint density at radius 1 is 1.41 bits per heavy atom. The molecule has 0 bridgehead atoms. The summed E-state index contributed by atoms with van der Waals surface area (Å²) in [6.07, 6.45) is 2.69. The van der Waals surface area contributed by atoms with E-state index in [0.717, 1.165) is 24.9 Å². The maximum absolute atomic E-state index is 13.5. The Balaban J connectivity index is 1.92. The lowest BCUT2D eigenvalue weighted by atomic mass is 10.2. The highest BCUT2D eigenvalue weighted by molar-refractivity contribution is 5.79. The predicted molar refractivity (Wildman–Crippen MR) is 64.4 cm³/mol. The molecule has 1 atom stereocenters. The Kier molecular flexibility index (Phi) is 2.60. The molecule has 1 saturated heterocycles. The van der Waals surface area contributed by atoms with E-state index in [1.165, 1.54) is 6.07 Å². The molecule has 2 N–H and O–H groups in total. The van der Waals surface area contributed by atoms with Crippen molar-refractivity contribution < 1.29 is 4.39 Å². The van der Waals surface area contributed by atoms with Gasteiger partial charge in [0, 0.05) is 24.2 Å². The molecule has 0 radical (unpaired) electrons. The lowest BCUT2D eigenvalue weighted by Crippen LogP contribution is -2.23. The summed E-state index contributed by atoms with van der Waals surface area (Å²) in [5.74, 6) is 0.189. The summed E-state index contributed by atoms with van der Waals surface area (Å²) in [5, 5.41) is 7.18. The zero-order valence-corrected chi connectivity index (χ0v) is 9.28. The van der Waals surface area contributed by atoms with E-state index < -0.39 is 0 Å². The van der Waals surface area contributed by atoms with Gasteiger partial charge in [0.2, 0.25) is 5.95 Å². The molecular weight excluding hydrogens is 219 g/mol. The smallest absolute Gasteiger partial charge is 0.223 e. The monoisotopic (exact) mass is 232 g/mol. The van der Waals surface area contributed by atoms with Crippen LogP contribution in [0.5, 0.6) is 0 Å². The highest BCUT2D eigenvalue weighted by Gasteiger charge is 2.15. The van der Waals surface area contributed by atoms with Crippen molar-refractivity contribution in [1.82, 2.24) is 15.3 Å². The molecule has 1 fully saturated rings. The maximum atomic E-state index is 13.5. The molecule has 0 unspecified atom stereocenters. The highest BCUT2D eigenvalue weighted by Crippen LogP contribution is 2.16. The molecule has 0 spiro atoms. The fourth-order valence-corrected chi connectivity index (χ4v) is 2.05. The minimum Gasteiger partial charge on any atom is -0.350 e. The molecule has 88 valence electrons. The van der Waals surface area contributed by atoms with Gasteiger partial charge in [0.1, 0.15) is 11.3 Å². The van der Waals surface area contributed by atoms with Gasteiger partial charge in [0.25, 0.3) is 0 Å². The third-order valence-corrected chi connectivity index (χ3v) is 2.96. The zero-order chi connectivity index (χ0) is 11.7. The number of hydrogen-bond donors (Lipinski definition) is 2. The van der Waals surface area contributed by atoms with Crippen LogP contribution in [0.1, 0.15) is 6.42 Å². The number of para-hydroxylation sites is 1. The van der Waals surface area contributed by atoms with Crippen LogP contribution in [0.2, 0.25) is 0 Å². The average molecular weight is 232 g/mol. The Hall–Kier alpha value is -1.75. The van der Waals surface area contributed by atoms with E-state index in [-0.39, 0.29) is 5.82 Å². The van der Waals surface area contributed by atoms with Crippen LogP contribution in [0, 0.1) is 5.82 Å². The molecule has 5 heteroatoms. The van der Waals surface area contributed by atoms with Crippen molar-refractivity contribution in [2.75, 3.05) is 18.4 Å². The molecule has 0 saturated carbocycles. The summed E-state index contributed by atoms with van der Waals surface area (Å²) in [4.78, 5) is 8.41. The van der Waals surface area contributed by atoms with E-state index in [2.05, 4.69) is 20.6 Å². The number of halogens is 1. The first-order valence-corrected chi connectivity index (χ1v) is 5.71. The number of anilines is 1. The Bertz CT molecular complexity index is 537. The van der Waals surface area contributed by atoms with E-state index in [4.69, 9.17) is 0 Å². The van der Waals surface area contributed by atoms with Crippen LogP contribution in [-0.4, -0.2) is 29.1 Å². The fraction of sp³-hybridized carbons (Fsp3) is 0.333. The number of fused-ring (bicyclic) bond motifs is 1. The standard InChI is InChI=1S/C12H13FN4/c13-10-3-1-2-8-6-15-12(17-11(8)10)16-9-4-5-14-7-9/h1-3,6,9,14H,4-5,7H2,(H,15,16,17)/t9-/m1/s1. The van der Waals surface area contributed by atoms with Crippen molar-refractivity contribution in [1.29, 1.82) is 0 Å². The van der Waals surface area contributed by atoms with Gasteiger partial charge in [-0.3, -0.25) is 0 Å². The fourth-order valence-electron chi connectivity index (χ4n) is 2.05. The Morgan fingerprint density at radius 2 is 2.35 bits per heavy atom. The third-order valence-electron chi connectivity index (χ3n) is 2.96. The summed E-state index contributed by atoms with van der Waals surface area (Å²) in [6.45, 7) is 1.90. The van der Waals surface area contributed by atoms with Gasteiger partial charge in [-0.05, 0) is 19.0 Å². The molecule has 1 aliphatic rings. The molecule has 1 aliphatic heterocycles. The summed E-state index contributed by atoms with van der Waals surface area (Å²) in [7, 11) is 0. The van der Waals surface area contributed by atoms with Crippen LogP contribution in [-0.2, 0) is 0 Å². The third kappa shape index (κ3) is 2.06. The average Bonchev–Trinajstić information content (AvgIpc) is 2.83. The number of benzene rings is 1. The summed E-state index contributed by atoms with van der Waals surface area (Å²) < 4.78 is 13.5. The lowest BCUT2D eigenvalue weighted by Gasteiger charge is -2.11. The SMILES string of the molecule is Fc1cccc2cnc(N[C@@H]3CCNC3)nc12. The van der Waals surface area contributed by atoms with Crippen molar-refractivity contribution in [2.45, 2.75) is 12.5 Å². The first kappa shape index (κ1) is 10.4. The second kappa shape index (κ2) is 4.25. The zero-order valence-electron chi connectivity index (χ0n) is 9.28. The van der Waals surface area contributed by atoms with Gasteiger partial charge < -0.3 is 10.6 Å². The molecule has 3 rings (SSSR count). The molecule has 0 amide bonds. The van der Waals surface area contributed by atoms with Crippen LogP contribution in [0.4, 0.5) is 10.3 Å². The second-order valence-corrected chi connectivity index (χ2v) is 4.21. The van der Waals surface area contributed by atoms with Gasteiger partial charge in [0.05, 0.1) is 0 Å². The molecule has 17 heavy (non-hydrogen) atoms. The maximum Gasteiger partial charge on any atom is 0.223 e. The van der Waals surface area contributed by atoms with Crippen molar-refractivity contribution in [3.05, 3.63) is 30.2 Å². The Labute approximate surface area is 98.3 Å². The summed E-state index contributed by atoms with van der Waals surface area (Å²) in [6, 6.07) is 5.21. The van der Waals surface area contributed by atoms with Gasteiger partial charge in [-0.25, -0.2) is 14.4 Å². The number of aromatic nitrogens is 2. The van der Waals surface area contributed by atoms with E-state index in [1.807, 2.05) is 0 Å². The van der Waals surface area contributed by atoms with Gasteiger partial charge in [0.15, 0.2) is 0 Å². The van der Waals surface area contributed by atoms with Crippen LogP contribution in [0.25, 0.3) is 10.9 Å². The highest BCUT2D eigenvalue weighted by atomic mass is 19.1. The minimum atomic E-state index is -0.308. The number of nitrogens with zero attached hydrogens (tertiary/aromatic N) is 2. The van der Waals surface area contributed by atoms with Crippen molar-refractivity contribution in [3.63, 3.8) is 0 Å². The van der Waals surface area contributed by atoms with Crippen LogP contribution >= 0.6 is 0 Å². The van der Waals surface area contributed by atoms with Gasteiger partial charge >= 0.3 is 0 Å². The normalized spacial score (nSPS) is 19.7. The van der Waals surface area contributed by atoms with E-state index in [1.54, 1.807) is 18.3 Å². The quantitative estimate of drug-likeness (QED) is 0.824. The van der Waals surface area contributed by atoms with Crippen molar-refractivity contribution in [3.8, 4) is 0 Å². The van der Waals surface area contributed by atoms with E-state index in [0.29, 0.717) is 17.5 Å². The van der Waals surface area contributed by atoms with E-state index >= 15 is 0 Å². The van der Waals surface area contributed by atoms with Gasteiger partial charge in [-0.15, -0.1) is 0 Å². The van der Waals surface area contributed by atoms with Crippen LogP contribution in [0.3, 0.4) is 0 Å². The first-order chi connectivity index (χ1) is 8.33. The number of hydrogen-bond acceptors (Lipinski definition) is 4. The minimum absolute atomic E-state index is 0.308. The predicted octanol–water partition coefficient (Wildman–Crippen LogP) is 1.54. The molecule has 1 aromatic carbocycles. The largest absolute Gasteiger partial charge is 0.350 e. The molecule has 1 aromatic heterocycles. The number of nitrogens with one attached hydrogen (secondary N) is 2. The molecule has 2 heterocycles. The summed E-state index contributed by atoms with van der Waals surface area (Å²) in [5.41, 5.74) is 0.371. The van der Waals surface area contributed by atoms with Crippen molar-refractivity contribution >= 4 is 16.9 Å². The number of rotatable bonds is 2.